The second-order valence-electron chi connectivity index (χ2n) is 3.74. The van der Waals surface area contributed by atoms with Crippen molar-refractivity contribution in [2.45, 2.75) is 18.9 Å². The fourth-order valence-electron chi connectivity index (χ4n) is 2.02. The number of hydrogen-bond donors (Lipinski definition) is 2. The maximum atomic E-state index is 5.73. The molecule has 1 aromatic rings. The van der Waals surface area contributed by atoms with Crippen LogP contribution in [0.2, 0.25) is 0 Å². The third-order valence-corrected chi connectivity index (χ3v) is 2.85. The van der Waals surface area contributed by atoms with Gasteiger partial charge in [0, 0.05) is 32.2 Å². The minimum atomic E-state index is 0.435. The highest BCUT2D eigenvalue weighted by Crippen LogP contribution is 2.23. The van der Waals surface area contributed by atoms with Crippen LogP contribution in [0, 0.1) is 0 Å². The fraction of sp³-hybridized carbons (Fsp3) is 0.600. The molecule has 0 unspecified atom stereocenters. The van der Waals surface area contributed by atoms with Crippen LogP contribution >= 0.6 is 0 Å². The second kappa shape index (κ2) is 4.44. The lowest BCUT2D eigenvalue weighted by Gasteiger charge is -2.24. The van der Waals surface area contributed by atoms with Gasteiger partial charge in [0.1, 0.15) is 18.0 Å². The van der Waals surface area contributed by atoms with Gasteiger partial charge in [-0.05, 0) is 12.8 Å². The highest BCUT2D eigenvalue weighted by Gasteiger charge is 2.24. The van der Waals surface area contributed by atoms with E-state index < -0.39 is 0 Å². The first kappa shape index (κ1) is 10.2. The summed E-state index contributed by atoms with van der Waals surface area (Å²) in [5, 5.41) is 3.01. The standard InChI is InChI=1S/C10H17N5/c1-12-9-5-10(14-7-13-9)15-4-2-3-8(15)6-11/h5,7-8H,2-4,6,11H2,1H3,(H,12,13,14)/t8-/m0/s1. The predicted octanol–water partition coefficient (Wildman–Crippen LogP) is 0.446. The number of rotatable bonds is 3. The molecule has 1 aromatic heterocycles. The number of anilines is 2. The molecule has 1 atom stereocenters. The predicted molar refractivity (Wildman–Crippen MR) is 61.0 cm³/mol. The van der Waals surface area contributed by atoms with Gasteiger partial charge in [0.05, 0.1) is 0 Å². The molecule has 82 valence electrons. The molecule has 0 aromatic carbocycles. The van der Waals surface area contributed by atoms with Crippen molar-refractivity contribution in [2.75, 3.05) is 30.4 Å². The molecule has 0 bridgehead atoms. The van der Waals surface area contributed by atoms with E-state index in [1.165, 1.54) is 6.42 Å². The van der Waals surface area contributed by atoms with Crippen molar-refractivity contribution in [3.8, 4) is 0 Å². The molecule has 5 nitrogen and oxygen atoms in total. The lowest BCUT2D eigenvalue weighted by Crippen LogP contribution is -2.35. The third-order valence-electron chi connectivity index (χ3n) is 2.85. The van der Waals surface area contributed by atoms with Crippen LogP contribution in [0.15, 0.2) is 12.4 Å². The van der Waals surface area contributed by atoms with Crippen LogP contribution in [0.4, 0.5) is 11.6 Å². The normalized spacial score (nSPS) is 20.7. The van der Waals surface area contributed by atoms with Gasteiger partial charge >= 0.3 is 0 Å². The molecule has 0 amide bonds. The number of aromatic nitrogens is 2. The summed E-state index contributed by atoms with van der Waals surface area (Å²) in [5.74, 6) is 1.82. The minimum absolute atomic E-state index is 0.435. The smallest absolute Gasteiger partial charge is 0.134 e. The number of nitrogens with one attached hydrogen (secondary N) is 1. The molecule has 3 N–H and O–H groups in total. The van der Waals surface area contributed by atoms with Crippen molar-refractivity contribution >= 4 is 11.6 Å². The largest absolute Gasteiger partial charge is 0.373 e. The summed E-state index contributed by atoms with van der Waals surface area (Å²) in [6.45, 7) is 1.74. The van der Waals surface area contributed by atoms with Gasteiger partial charge in [-0.15, -0.1) is 0 Å². The Morgan fingerprint density at radius 1 is 1.60 bits per heavy atom. The van der Waals surface area contributed by atoms with E-state index in [1.54, 1.807) is 6.33 Å². The monoisotopic (exact) mass is 207 g/mol. The molecule has 15 heavy (non-hydrogen) atoms. The maximum Gasteiger partial charge on any atom is 0.134 e. The Balaban J connectivity index is 2.20. The van der Waals surface area contributed by atoms with E-state index in [4.69, 9.17) is 5.73 Å². The van der Waals surface area contributed by atoms with Gasteiger partial charge in [-0.25, -0.2) is 9.97 Å². The second-order valence-corrected chi connectivity index (χ2v) is 3.74. The van der Waals surface area contributed by atoms with Crippen LogP contribution in [-0.4, -0.2) is 36.1 Å². The molecule has 2 heterocycles. The van der Waals surface area contributed by atoms with Crippen LogP contribution < -0.4 is 16.0 Å². The molecular weight excluding hydrogens is 190 g/mol. The van der Waals surface area contributed by atoms with Crippen molar-refractivity contribution in [3.05, 3.63) is 12.4 Å². The Labute approximate surface area is 89.7 Å². The molecule has 0 spiro atoms. The molecule has 1 saturated heterocycles. The zero-order chi connectivity index (χ0) is 10.7. The van der Waals surface area contributed by atoms with Crippen LogP contribution in [0.5, 0.6) is 0 Å². The molecule has 2 rings (SSSR count). The molecule has 0 radical (unpaired) electrons. The van der Waals surface area contributed by atoms with E-state index in [9.17, 15) is 0 Å². The Hall–Kier alpha value is -1.36. The zero-order valence-corrected chi connectivity index (χ0v) is 8.98. The number of nitrogens with zero attached hydrogens (tertiary/aromatic N) is 3. The molecule has 5 heteroatoms. The SMILES string of the molecule is CNc1cc(N2CCC[C@H]2CN)ncn1. The molecule has 0 aliphatic carbocycles. The van der Waals surface area contributed by atoms with Crippen molar-refractivity contribution in [1.82, 2.24) is 9.97 Å². The van der Waals surface area contributed by atoms with E-state index in [1.807, 2.05) is 13.1 Å². The minimum Gasteiger partial charge on any atom is -0.373 e. The van der Waals surface area contributed by atoms with E-state index in [0.717, 1.165) is 24.6 Å². The Kier molecular flexibility index (Phi) is 3.01. The molecule has 1 aliphatic rings. The fourth-order valence-corrected chi connectivity index (χ4v) is 2.02. The quantitative estimate of drug-likeness (QED) is 0.753. The van der Waals surface area contributed by atoms with Crippen molar-refractivity contribution < 1.29 is 0 Å². The summed E-state index contributed by atoms with van der Waals surface area (Å²) in [7, 11) is 1.86. The van der Waals surface area contributed by atoms with Crippen molar-refractivity contribution in [2.24, 2.45) is 5.73 Å². The molecular formula is C10H17N5. The average molecular weight is 207 g/mol. The van der Waals surface area contributed by atoms with E-state index in [-0.39, 0.29) is 0 Å². The Bertz CT molecular complexity index is 327. The zero-order valence-electron chi connectivity index (χ0n) is 8.98. The van der Waals surface area contributed by atoms with Crippen LogP contribution in [0.3, 0.4) is 0 Å². The Morgan fingerprint density at radius 3 is 3.20 bits per heavy atom. The maximum absolute atomic E-state index is 5.73. The highest BCUT2D eigenvalue weighted by atomic mass is 15.2. The van der Waals surface area contributed by atoms with Gasteiger partial charge < -0.3 is 16.0 Å². The van der Waals surface area contributed by atoms with Gasteiger partial charge in [-0.1, -0.05) is 0 Å². The summed E-state index contributed by atoms with van der Waals surface area (Å²) in [6, 6.07) is 2.40. The average Bonchev–Trinajstić information content (AvgIpc) is 2.77. The van der Waals surface area contributed by atoms with Crippen LogP contribution in [0.1, 0.15) is 12.8 Å². The molecule has 0 saturated carbocycles. The lowest BCUT2D eigenvalue weighted by atomic mass is 10.2. The number of hydrogen-bond acceptors (Lipinski definition) is 5. The summed E-state index contributed by atoms with van der Waals surface area (Å²) in [6.07, 6.45) is 3.95. The first-order valence-corrected chi connectivity index (χ1v) is 5.31. The first-order valence-electron chi connectivity index (χ1n) is 5.31. The van der Waals surface area contributed by atoms with Gasteiger partial charge in [0.15, 0.2) is 0 Å². The molecule has 1 aliphatic heterocycles. The van der Waals surface area contributed by atoms with Crippen molar-refractivity contribution in [3.63, 3.8) is 0 Å². The lowest BCUT2D eigenvalue weighted by molar-refractivity contribution is 0.671. The summed E-state index contributed by atoms with van der Waals surface area (Å²) >= 11 is 0. The van der Waals surface area contributed by atoms with Crippen LogP contribution in [-0.2, 0) is 0 Å². The molecule has 1 fully saturated rings. The topological polar surface area (TPSA) is 67.1 Å². The first-order chi connectivity index (χ1) is 7.35. The highest BCUT2D eigenvalue weighted by molar-refractivity contribution is 5.49. The van der Waals surface area contributed by atoms with Crippen molar-refractivity contribution in [1.29, 1.82) is 0 Å². The summed E-state index contributed by atoms with van der Waals surface area (Å²) in [5.41, 5.74) is 5.73. The van der Waals surface area contributed by atoms with E-state index in [0.29, 0.717) is 12.6 Å². The number of nitrogens with two attached hydrogens (primary N) is 1. The van der Waals surface area contributed by atoms with Gasteiger partial charge in [0.2, 0.25) is 0 Å². The van der Waals surface area contributed by atoms with E-state index >= 15 is 0 Å². The summed E-state index contributed by atoms with van der Waals surface area (Å²) in [4.78, 5) is 10.7. The van der Waals surface area contributed by atoms with Gasteiger partial charge in [-0.3, -0.25) is 0 Å². The summed E-state index contributed by atoms with van der Waals surface area (Å²) < 4.78 is 0. The van der Waals surface area contributed by atoms with Crippen LogP contribution in [0.25, 0.3) is 0 Å². The van der Waals surface area contributed by atoms with Gasteiger partial charge in [-0.2, -0.15) is 0 Å². The third kappa shape index (κ3) is 2.02. The Morgan fingerprint density at radius 2 is 2.47 bits per heavy atom. The van der Waals surface area contributed by atoms with Gasteiger partial charge in [0.25, 0.3) is 0 Å². The van der Waals surface area contributed by atoms with E-state index in [2.05, 4.69) is 20.2 Å².